The van der Waals surface area contributed by atoms with E-state index in [1.165, 1.54) is 0 Å². The molecule has 0 radical (unpaired) electrons. The first kappa shape index (κ1) is 6.10. The molecular weight excluding hydrogens is 88.1 g/mol. The molecule has 0 bridgehead atoms. The summed E-state index contributed by atoms with van der Waals surface area (Å²) < 4.78 is 4.72. The van der Waals surface area contributed by atoms with Crippen LogP contribution in [-0.2, 0) is 4.74 Å². The van der Waals surface area contributed by atoms with Crippen LogP contribution in [0.2, 0.25) is 0 Å². The van der Waals surface area contributed by atoms with Crippen molar-refractivity contribution < 1.29 is 4.74 Å². The molecule has 0 saturated carbocycles. The summed E-state index contributed by atoms with van der Waals surface area (Å²) in [6, 6.07) is 0. The largest absolute Gasteiger partial charge is 0.489 e. The number of hydrogen-bond acceptors (Lipinski definition) is 1. The van der Waals surface area contributed by atoms with E-state index in [4.69, 9.17) is 11.2 Å². The van der Waals surface area contributed by atoms with Gasteiger partial charge in [-0.1, -0.05) is 12.0 Å². The minimum absolute atomic E-state index is 0.365. The van der Waals surface area contributed by atoms with E-state index < -0.39 is 0 Å². The highest BCUT2D eigenvalue weighted by molar-refractivity contribution is 4.84. The van der Waals surface area contributed by atoms with Crippen LogP contribution in [-0.4, -0.2) is 6.61 Å². The highest BCUT2D eigenvalue weighted by Gasteiger charge is 1.64. The molecule has 0 aliphatic carbocycles. The van der Waals surface area contributed by atoms with E-state index in [2.05, 4.69) is 5.92 Å². The van der Waals surface area contributed by atoms with Gasteiger partial charge in [0.05, 0.1) is 6.26 Å². The van der Waals surface area contributed by atoms with Crippen molar-refractivity contribution in [3.8, 4) is 12.3 Å². The zero-order valence-corrected chi connectivity index (χ0v) is 4.35. The van der Waals surface area contributed by atoms with E-state index in [9.17, 15) is 0 Å². The molecule has 0 aliphatic rings. The quantitative estimate of drug-likeness (QED) is 0.285. The first-order valence-electron chi connectivity index (χ1n) is 2.08. The molecule has 1 heteroatoms. The SMILES string of the molecule is C#CCO/C=C/C. The van der Waals surface area contributed by atoms with Gasteiger partial charge in [0.25, 0.3) is 0 Å². The Bertz CT molecular complexity index is 86.8. The fraction of sp³-hybridized carbons (Fsp3) is 0.333. The van der Waals surface area contributed by atoms with Gasteiger partial charge in [-0.2, -0.15) is 0 Å². The van der Waals surface area contributed by atoms with Crippen LogP contribution in [0.15, 0.2) is 12.3 Å². The fourth-order valence-corrected chi connectivity index (χ4v) is 0.192. The first-order valence-corrected chi connectivity index (χ1v) is 2.08. The zero-order chi connectivity index (χ0) is 5.54. The standard InChI is InChI=1S/C6H8O/c1-3-5-7-6-4-2/h1,4,6H,5H2,2H3/b6-4+. The van der Waals surface area contributed by atoms with E-state index in [-0.39, 0.29) is 0 Å². The summed E-state index contributed by atoms with van der Waals surface area (Å²) in [6.07, 6.45) is 8.22. The molecule has 0 atom stereocenters. The Kier molecular flexibility index (Phi) is 4.44. The predicted octanol–water partition coefficient (Wildman–Crippen LogP) is 1.17. The lowest BCUT2D eigenvalue weighted by atomic mass is 10.7. The van der Waals surface area contributed by atoms with Crippen molar-refractivity contribution in [1.29, 1.82) is 0 Å². The summed E-state index contributed by atoms with van der Waals surface area (Å²) in [6.45, 7) is 2.24. The highest BCUT2D eigenvalue weighted by atomic mass is 16.5. The normalized spacial score (nSPS) is 8.57. The summed E-state index contributed by atoms with van der Waals surface area (Å²) in [5.74, 6) is 2.33. The Balaban J connectivity index is 2.87. The van der Waals surface area contributed by atoms with Crippen LogP contribution >= 0.6 is 0 Å². The third-order valence-corrected chi connectivity index (χ3v) is 0.399. The first-order chi connectivity index (χ1) is 3.41. The van der Waals surface area contributed by atoms with E-state index >= 15 is 0 Å². The van der Waals surface area contributed by atoms with Gasteiger partial charge >= 0.3 is 0 Å². The average Bonchev–Trinajstić information content (AvgIpc) is 1.69. The predicted molar refractivity (Wildman–Crippen MR) is 29.6 cm³/mol. The number of allylic oxidation sites excluding steroid dienone is 1. The van der Waals surface area contributed by atoms with Crippen LogP contribution in [0.4, 0.5) is 0 Å². The van der Waals surface area contributed by atoms with Crippen LogP contribution < -0.4 is 0 Å². The lowest BCUT2D eigenvalue weighted by Crippen LogP contribution is -1.77. The molecule has 0 saturated heterocycles. The van der Waals surface area contributed by atoms with Crippen molar-refractivity contribution in [1.82, 2.24) is 0 Å². The minimum atomic E-state index is 0.365. The Morgan fingerprint density at radius 2 is 2.57 bits per heavy atom. The van der Waals surface area contributed by atoms with Crippen LogP contribution in [0.25, 0.3) is 0 Å². The molecule has 1 nitrogen and oxygen atoms in total. The molecule has 0 fully saturated rings. The topological polar surface area (TPSA) is 9.23 Å². The second-order valence-corrected chi connectivity index (χ2v) is 0.985. The maximum Gasteiger partial charge on any atom is 0.147 e. The maximum absolute atomic E-state index is 4.86. The lowest BCUT2D eigenvalue weighted by Gasteiger charge is -1.86. The second-order valence-electron chi connectivity index (χ2n) is 0.985. The van der Waals surface area contributed by atoms with Gasteiger partial charge in [0.1, 0.15) is 6.61 Å². The van der Waals surface area contributed by atoms with Gasteiger partial charge in [-0.25, -0.2) is 0 Å². The zero-order valence-electron chi connectivity index (χ0n) is 4.35. The maximum atomic E-state index is 4.86. The summed E-state index contributed by atoms with van der Waals surface area (Å²) >= 11 is 0. The molecule has 0 heterocycles. The van der Waals surface area contributed by atoms with E-state index in [1.807, 2.05) is 6.92 Å². The number of terminal acetylenes is 1. The number of rotatable bonds is 2. The molecule has 0 rings (SSSR count). The molecule has 0 aromatic carbocycles. The molecule has 0 spiro atoms. The molecular formula is C6H8O. The lowest BCUT2D eigenvalue weighted by molar-refractivity contribution is 0.296. The third-order valence-electron chi connectivity index (χ3n) is 0.399. The Morgan fingerprint density at radius 3 is 3.00 bits per heavy atom. The monoisotopic (exact) mass is 96.1 g/mol. The van der Waals surface area contributed by atoms with Gasteiger partial charge < -0.3 is 4.74 Å². The molecule has 0 aromatic heterocycles. The van der Waals surface area contributed by atoms with Crippen molar-refractivity contribution in [2.24, 2.45) is 0 Å². The van der Waals surface area contributed by atoms with Crippen molar-refractivity contribution in [3.63, 3.8) is 0 Å². The summed E-state index contributed by atoms with van der Waals surface area (Å²) in [7, 11) is 0. The van der Waals surface area contributed by atoms with Gasteiger partial charge in [-0.05, 0) is 6.92 Å². The Hall–Kier alpha value is -0.900. The van der Waals surface area contributed by atoms with E-state index in [0.717, 1.165) is 0 Å². The van der Waals surface area contributed by atoms with Gasteiger partial charge in [-0.3, -0.25) is 0 Å². The molecule has 0 N–H and O–H groups in total. The smallest absolute Gasteiger partial charge is 0.147 e. The molecule has 7 heavy (non-hydrogen) atoms. The summed E-state index contributed by atoms with van der Waals surface area (Å²) in [4.78, 5) is 0. The van der Waals surface area contributed by atoms with Crippen LogP contribution in [0.5, 0.6) is 0 Å². The molecule has 0 aliphatic heterocycles. The molecule has 0 aromatic rings. The van der Waals surface area contributed by atoms with Gasteiger partial charge in [0.15, 0.2) is 0 Å². The Morgan fingerprint density at radius 1 is 1.86 bits per heavy atom. The summed E-state index contributed by atoms with van der Waals surface area (Å²) in [5, 5.41) is 0. The number of hydrogen-bond donors (Lipinski definition) is 0. The fourth-order valence-electron chi connectivity index (χ4n) is 0.192. The second kappa shape index (κ2) is 5.10. The van der Waals surface area contributed by atoms with Crippen molar-refractivity contribution in [2.75, 3.05) is 6.61 Å². The molecule has 0 unspecified atom stereocenters. The van der Waals surface area contributed by atoms with E-state index in [0.29, 0.717) is 6.61 Å². The van der Waals surface area contributed by atoms with E-state index in [1.54, 1.807) is 12.3 Å². The minimum Gasteiger partial charge on any atom is -0.489 e. The van der Waals surface area contributed by atoms with Crippen molar-refractivity contribution in [2.45, 2.75) is 6.92 Å². The summed E-state index contributed by atoms with van der Waals surface area (Å²) in [5.41, 5.74) is 0. The highest BCUT2D eigenvalue weighted by Crippen LogP contribution is 1.72. The Labute approximate surface area is 44.0 Å². The molecule has 0 amide bonds. The molecule has 38 valence electrons. The van der Waals surface area contributed by atoms with Crippen molar-refractivity contribution >= 4 is 0 Å². The van der Waals surface area contributed by atoms with Crippen LogP contribution in [0, 0.1) is 12.3 Å². The number of ether oxygens (including phenoxy) is 1. The van der Waals surface area contributed by atoms with Gasteiger partial charge in [-0.15, -0.1) is 6.42 Å². The van der Waals surface area contributed by atoms with Crippen molar-refractivity contribution in [3.05, 3.63) is 12.3 Å². The third kappa shape index (κ3) is 5.10. The van der Waals surface area contributed by atoms with Gasteiger partial charge in [0, 0.05) is 0 Å². The average molecular weight is 96.1 g/mol. The van der Waals surface area contributed by atoms with Gasteiger partial charge in [0.2, 0.25) is 0 Å². The van der Waals surface area contributed by atoms with Crippen LogP contribution in [0.1, 0.15) is 6.92 Å². The van der Waals surface area contributed by atoms with Crippen LogP contribution in [0.3, 0.4) is 0 Å².